The van der Waals surface area contributed by atoms with Crippen LogP contribution in [0.15, 0.2) is 65.8 Å². The van der Waals surface area contributed by atoms with Gasteiger partial charge in [-0.2, -0.15) is 5.10 Å². The van der Waals surface area contributed by atoms with E-state index in [0.29, 0.717) is 32.8 Å². The first-order valence-electron chi connectivity index (χ1n) is 9.93. The Balaban J connectivity index is 1.63. The molecular formula is C24H20Cl2FN3O4. The van der Waals surface area contributed by atoms with Gasteiger partial charge in [0.2, 0.25) is 0 Å². The number of carbonyl (C=O) groups is 2. The van der Waals surface area contributed by atoms with Gasteiger partial charge in [0.05, 0.1) is 12.8 Å². The highest BCUT2D eigenvalue weighted by Crippen LogP contribution is 2.30. The van der Waals surface area contributed by atoms with Crippen LogP contribution in [0.4, 0.5) is 10.1 Å². The summed E-state index contributed by atoms with van der Waals surface area (Å²) in [6, 6.07) is 15.3. The monoisotopic (exact) mass is 503 g/mol. The molecule has 2 amide bonds. The smallest absolute Gasteiger partial charge is 0.329 e. The quantitative estimate of drug-likeness (QED) is 0.263. The zero-order valence-corrected chi connectivity index (χ0v) is 19.7. The lowest BCUT2D eigenvalue weighted by Gasteiger charge is -2.13. The molecule has 2 N–H and O–H groups in total. The molecule has 3 rings (SSSR count). The SMILES string of the molecule is COc1cc(C(C)=NNC(=O)C(=O)Nc2ccc(F)cc2)ccc1OCc1ccc(Cl)cc1Cl. The van der Waals surface area contributed by atoms with Gasteiger partial charge in [-0.25, -0.2) is 9.82 Å². The molecular weight excluding hydrogens is 484 g/mol. The van der Waals surface area contributed by atoms with Crippen molar-refractivity contribution >= 4 is 46.4 Å². The summed E-state index contributed by atoms with van der Waals surface area (Å²) in [5, 5.41) is 7.34. The van der Waals surface area contributed by atoms with E-state index < -0.39 is 17.6 Å². The van der Waals surface area contributed by atoms with E-state index in [0.717, 1.165) is 5.56 Å². The lowest BCUT2D eigenvalue weighted by atomic mass is 10.1. The van der Waals surface area contributed by atoms with Crippen molar-refractivity contribution in [1.29, 1.82) is 0 Å². The first kappa shape index (κ1) is 25.0. The third-order valence-electron chi connectivity index (χ3n) is 4.61. The van der Waals surface area contributed by atoms with Gasteiger partial charge < -0.3 is 14.8 Å². The van der Waals surface area contributed by atoms with Gasteiger partial charge in [-0.1, -0.05) is 29.3 Å². The first-order valence-corrected chi connectivity index (χ1v) is 10.7. The van der Waals surface area contributed by atoms with Gasteiger partial charge in [0.1, 0.15) is 12.4 Å². The Morgan fingerprint density at radius 2 is 1.71 bits per heavy atom. The molecule has 0 saturated heterocycles. The van der Waals surface area contributed by atoms with Crippen LogP contribution in [0.5, 0.6) is 11.5 Å². The normalized spacial score (nSPS) is 11.0. The fourth-order valence-electron chi connectivity index (χ4n) is 2.78. The summed E-state index contributed by atoms with van der Waals surface area (Å²) in [6.45, 7) is 1.86. The zero-order valence-electron chi connectivity index (χ0n) is 18.2. The molecule has 0 atom stereocenters. The minimum atomic E-state index is -0.976. The summed E-state index contributed by atoms with van der Waals surface area (Å²) in [5.74, 6) is -1.45. The molecule has 3 aromatic rings. The fraction of sp³-hybridized carbons (Fsp3) is 0.125. The molecule has 0 spiro atoms. The van der Waals surface area contributed by atoms with Crippen LogP contribution in [-0.2, 0) is 16.2 Å². The Morgan fingerprint density at radius 3 is 2.38 bits per heavy atom. The molecule has 176 valence electrons. The molecule has 0 bridgehead atoms. The van der Waals surface area contributed by atoms with Crippen LogP contribution in [0.2, 0.25) is 10.0 Å². The number of carbonyl (C=O) groups excluding carboxylic acids is 2. The highest BCUT2D eigenvalue weighted by atomic mass is 35.5. The Labute approximate surface area is 205 Å². The van der Waals surface area contributed by atoms with Crippen LogP contribution < -0.4 is 20.2 Å². The van der Waals surface area contributed by atoms with E-state index in [2.05, 4.69) is 15.8 Å². The summed E-state index contributed by atoms with van der Waals surface area (Å²) in [6.07, 6.45) is 0. The maximum Gasteiger partial charge on any atom is 0.329 e. The van der Waals surface area contributed by atoms with Gasteiger partial charge in [-0.15, -0.1) is 0 Å². The molecule has 0 aliphatic heterocycles. The van der Waals surface area contributed by atoms with E-state index in [1.165, 1.54) is 31.4 Å². The van der Waals surface area contributed by atoms with Gasteiger partial charge >= 0.3 is 11.8 Å². The van der Waals surface area contributed by atoms with E-state index in [1.54, 1.807) is 43.3 Å². The van der Waals surface area contributed by atoms with E-state index in [4.69, 9.17) is 32.7 Å². The number of benzene rings is 3. The predicted octanol–water partition coefficient (Wildman–Crippen LogP) is 5.20. The molecule has 10 heteroatoms. The lowest BCUT2D eigenvalue weighted by molar-refractivity contribution is -0.136. The average Bonchev–Trinajstić information content (AvgIpc) is 2.83. The number of amides is 2. The summed E-state index contributed by atoms with van der Waals surface area (Å²) in [4.78, 5) is 24.0. The number of methoxy groups -OCH3 is 1. The fourth-order valence-corrected chi connectivity index (χ4v) is 3.24. The maximum atomic E-state index is 12.9. The summed E-state index contributed by atoms with van der Waals surface area (Å²) < 4.78 is 24.2. The highest BCUT2D eigenvalue weighted by Gasteiger charge is 2.14. The van der Waals surface area contributed by atoms with Gasteiger partial charge in [0.15, 0.2) is 11.5 Å². The number of hydrogen-bond donors (Lipinski definition) is 2. The molecule has 0 aliphatic carbocycles. The molecule has 0 unspecified atom stereocenters. The number of rotatable bonds is 7. The van der Waals surface area contributed by atoms with Gasteiger partial charge in [-0.3, -0.25) is 9.59 Å². The van der Waals surface area contributed by atoms with Crippen molar-refractivity contribution in [2.45, 2.75) is 13.5 Å². The Bertz CT molecular complexity index is 1230. The first-order chi connectivity index (χ1) is 16.3. The molecule has 0 saturated carbocycles. The number of nitrogens with zero attached hydrogens (tertiary/aromatic N) is 1. The van der Waals surface area contributed by atoms with E-state index >= 15 is 0 Å². The van der Waals surface area contributed by atoms with Gasteiger partial charge in [0.25, 0.3) is 0 Å². The number of nitrogens with one attached hydrogen (secondary N) is 2. The minimum Gasteiger partial charge on any atom is -0.493 e. The maximum absolute atomic E-state index is 12.9. The van der Waals surface area contributed by atoms with Crippen molar-refractivity contribution in [3.05, 3.63) is 87.7 Å². The number of hydrazone groups is 1. The number of hydrogen-bond acceptors (Lipinski definition) is 5. The molecule has 0 heterocycles. The third kappa shape index (κ3) is 6.69. The Kier molecular flexibility index (Phi) is 8.45. The number of halogens is 3. The molecule has 34 heavy (non-hydrogen) atoms. The summed E-state index contributed by atoms with van der Waals surface area (Å²) >= 11 is 12.1. The molecule has 0 radical (unpaired) electrons. The van der Waals surface area contributed by atoms with Crippen molar-refractivity contribution in [1.82, 2.24) is 5.43 Å². The van der Waals surface area contributed by atoms with Crippen LogP contribution in [0.3, 0.4) is 0 Å². The molecule has 7 nitrogen and oxygen atoms in total. The van der Waals surface area contributed by atoms with Crippen molar-refractivity contribution in [3.63, 3.8) is 0 Å². The second kappa shape index (κ2) is 11.5. The van der Waals surface area contributed by atoms with Crippen LogP contribution in [0.25, 0.3) is 0 Å². The molecule has 3 aromatic carbocycles. The highest BCUT2D eigenvalue weighted by molar-refractivity contribution is 6.39. The second-order valence-electron chi connectivity index (χ2n) is 6.99. The standard InChI is InChI=1S/C24H20Cl2FN3O4/c1-14(29-30-24(32)23(31)28-19-8-6-18(27)7-9-19)15-4-10-21(22(11-15)33-2)34-13-16-3-5-17(25)12-20(16)26/h3-12H,13H2,1-2H3,(H,28,31)(H,30,32). The van der Waals surface area contributed by atoms with Crippen molar-refractivity contribution < 1.29 is 23.5 Å². The van der Waals surface area contributed by atoms with Crippen molar-refractivity contribution in [2.75, 3.05) is 12.4 Å². The topological polar surface area (TPSA) is 89.0 Å². The molecule has 0 fully saturated rings. The third-order valence-corrected chi connectivity index (χ3v) is 5.20. The minimum absolute atomic E-state index is 0.206. The van der Waals surface area contributed by atoms with Crippen LogP contribution in [0, 0.1) is 5.82 Å². The second-order valence-corrected chi connectivity index (χ2v) is 7.83. The molecule has 0 aromatic heterocycles. The van der Waals surface area contributed by atoms with Crippen molar-refractivity contribution in [3.8, 4) is 11.5 Å². The van der Waals surface area contributed by atoms with Crippen LogP contribution in [-0.4, -0.2) is 24.6 Å². The predicted molar refractivity (Wildman–Crippen MR) is 129 cm³/mol. The van der Waals surface area contributed by atoms with Crippen LogP contribution in [0.1, 0.15) is 18.1 Å². The van der Waals surface area contributed by atoms with E-state index in [9.17, 15) is 14.0 Å². The largest absolute Gasteiger partial charge is 0.493 e. The molecule has 0 aliphatic rings. The van der Waals surface area contributed by atoms with Gasteiger partial charge in [-0.05, 0) is 61.5 Å². The summed E-state index contributed by atoms with van der Waals surface area (Å²) in [5.41, 5.74) is 4.28. The van der Waals surface area contributed by atoms with Gasteiger partial charge in [0, 0.05) is 26.9 Å². The lowest BCUT2D eigenvalue weighted by Crippen LogP contribution is -2.32. The summed E-state index contributed by atoms with van der Waals surface area (Å²) in [7, 11) is 1.50. The average molecular weight is 504 g/mol. The van der Waals surface area contributed by atoms with Crippen molar-refractivity contribution in [2.24, 2.45) is 5.10 Å². The zero-order chi connectivity index (χ0) is 24.7. The Hall–Kier alpha value is -3.62. The van der Waals surface area contributed by atoms with E-state index in [1.807, 2.05) is 0 Å². The number of ether oxygens (including phenoxy) is 2. The van der Waals surface area contributed by atoms with Crippen LogP contribution >= 0.6 is 23.2 Å². The van der Waals surface area contributed by atoms with E-state index in [-0.39, 0.29) is 12.3 Å². The number of anilines is 1. The Morgan fingerprint density at radius 1 is 0.971 bits per heavy atom.